The monoisotopic (exact) mass is 652 g/mol. The highest BCUT2D eigenvalue weighted by Crippen LogP contribution is 2.44. The maximum Gasteiger partial charge on any atom is 0.316 e. The Bertz CT molecular complexity index is 1350. The molecule has 9 heteroatoms. The molecule has 2 saturated heterocycles. The molecule has 0 saturated carbocycles. The molecule has 2 aliphatic heterocycles. The van der Waals surface area contributed by atoms with E-state index < -0.39 is 46.9 Å². The van der Waals surface area contributed by atoms with Crippen LogP contribution in [0.4, 0.5) is 0 Å². The number of carbonyl (C=O) groups excluding carboxylic acids is 3. The van der Waals surface area contributed by atoms with Gasteiger partial charge in [0.25, 0.3) is 0 Å². The van der Waals surface area contributed by atoms with Crippen LogP contribution in [0.2, 0.25) is 0 Å². The number of cyclic esters (lactones) is 1. The maximum atomic E-state index is 14.1. The number of rotatable bonds is 5. The summed E-state index contributed by atoms with van der Waals surface area (Å²) < 4.78 is 12.9. The maximum absolute atomic E-state index is 14.1. The fourth-order valence-electron chi connectivity index (χ4n) is 7.93. The summed E-state index contributed by atoms with van der Waals surface area (Å²) in [6.45, 7) is 18.7. The highest BCUT2D eigenvalue weighted by molar-refractivity contribution is 6.00. The van der Waals surface area contributed by atoms with Gasteiger partial charge in [0.05, 0.1) is 17.9 Å². The average Bonchev–Trinajstić information content (AvgIpc) is 3.04. The van der Waals surface area contributed by atoms with E-state index in [1.807, 2.05) is 84.9 Å². The topological polar surface area (TPSA) is 124 Å². The van der Waals surface area contributed by atoms with E-state index in [1.165, 1.54) is 6.92 Å². The summed E-state index contributed by atoms with van der Waals surface area (Å²) in [5.74, 6) is -4.42. The van der Waals surface area contributed by atoms with Gasteiger partial charge < -0.3 is 19.4 Å². The van der Waals surface area contributed by atoms with Crippen LogP contribution in [0.5, 0.6) is 0 Å². The zero-order valence-electron chi connectivity index (χ0n) is 30.0. The zero-order chi connectivity index (χ0) is 35.1. The summed E-state index contributed by atoms with van der Waals surface area (Å²) in [4.78, 5) is 50.7. The Labute approximate surface area is 281 Å². The third-order valence-electron chi connectivity index (χ3n) is 10.5. The van der Waals surface area contributed by atoms with Crippen molar-refractivity contribution in [2.24, 2.45) is 45.7 Å². The van der Waals surface area contributed by atoms with Crippen LogP contribution in [0.1, 0.15) is 100 Å². The van der Waals surface area contributed by atoms with Gasteiger partial charge in [-0.25, -0.2) is 4.99 Å². The molecular weight excluding hydrogens is 596 g/mol. The largest absolute Gasteiger partial charge is 0.459 e. The zero-order valence-corrected chi connectivity index (χ0v) is 30.0. The van der Waals surface area contributed by atoms with Crippen molar-refractivity contribution in [3.05, 3.63) is 47.5 Å². The molecule has 260 valence electrons. The number of ketones is 1. The Hall–Kier alpha value is -3.17. The molecule has 9 nitrogen and oxygen atoms in total. The standard InChI is InChI=1S/C38H56N2O7/c1-11-23(3)33-26(6)35(42)27(7)36(43)47-32(12-2)38(10,44)31-19-18-30(40-46-21-29-16-14-13-15-17-29)22-45-37(33,9)20-24(4)34(25(31)5)39-28(8)41/h11,13-17,24-27,31-33,44H,12,18-22H2,1-10H3/b23-11-,39-34?,40-30+/t24-,25-,26-,27-,31-,32-,33-,37-,38+/m1/s1. The molecule has 0 radical (unpaired) electrons. The van der Waals surface area contributed by atoms with Crippen molar-refractivity contribution in [1.82, 2.24) is 0 Å². The number of Topliss-reactive ketones (excluding diaryl/α,β-unsaturated/α-hetero) is 1. The van der Waals surface area contributed by atoms with E-state index in [4.69, 9.17) is 14.3 Å². The first-order valence-corrected chi connectivity index (χ1v) is 17.1. The molecule has 0 unspecified atom stereocenters. The van der Waals surface area contributed by atoms with Crippen molar-refractivity contribution >= 4 is 29.1 Å². The van der Waals surface area contributed by atoms with Crippen molar-refractivity contribution in [1.29, 1.82) is 0 Å². The van der Waals surface area contributed by atoms with Gasteiger partial charge in [-0.05, 0) is 77.7 Å². The summed E-state index contributed by atoms with van der Waals surface area (Å²) in [6.07, 6.45) is 2.69. The van der Waals surface area contributed by atoms with Crippen LogP contribution in [-0.2, 0) is 35.3 Å². The van der Waals surface area contributed by atoms with Crippen molar-refractivity contribution < 1.29 is 33.8 Å². The summed E-state index contributed by atoms with van der Waals surface area (Å²) >= 11 is 0. The molecule has 47 heavy (non-hydrogen) atoms. The lowest BCUT2D eigenvalue weighted by Crippen LogP contribution is -2.53. The molecule has 1 aromatic rings. The lowest BCUT2D eigenvalue weighted by molar-refractivity contribution is -0.178. The number of esters is 1. The van der Waals surface area contributed by atoms with Crippen molar-refractivity contribution in [2.75, 3.05) is 6.61 Å². The Morgan fingerprint density at radius 1 is 1.09 bits per heavy atom. The van der Waals surface area contributed by atoms with Crippen LogP contribution >= 0.6 is 0 Å². The first kappa shape index (κ1) is 38.3. The van der Waals surface area contributed by atoms with E-state index in [-0.39, 0.29) is 36.7 Å². The van der Waals surface area contributed by atoms with E-state index in [2.05, 4.69) is 10.1 Å². The number of ether oxygens (including phenoxy) is 2. The van der Waals surface area contributed by atoms with Gasteiger partial charge in [0.1, 0.15) is 30.0 Å². The minimum absolute atomic E-state index is 0.136. The number of oxime groups is 1. The fraction of sp³-hybridized carbons (Fsp3) is 0.658. The molecule has 1 N–H and O–H groups in total. The van der Waals surface area contributed by atoms with Gasteiger partial charge in [-0.2, -0.15) is 0 Å². The summed E-state index contributed by atoms with van der Waals surface area (Å²) in [5, 5.41) is 16.9. The van der Waals surface area contributed by atoms with Gasteiger partial charge in [-0.1, -0.05) is 74.8 Å². The molecular formula is C38H56N2O7. The van der Waals surface area contributed by atoms with Gasteiger partial charge in [-0.3, -0.25) is 14.4 Å². The second-order valence-electron chi connectivity index (χ2n) is 14.1. The Kier molecular flexibility index (Phi) is 13.3. The molecule has 9 atom stereocenters. The van der Waals surface area contributed by atoms with Crippen LogP contribution in [0.3, 0.4) is 0 Å². The number of hydrogen-bond acceptors (Lipinski definition) is 8. The second-order valence-corrected chi connectivity index (χ2v) is 14.1. The number of benzene rings is 1. The highest BCUT2D eigenvalue weighted by atomic mass is 16.6. The van der Waals surface area contributed by atoms with Crippen molar-refractivity contribution in [2.45, 2.75) is 119 Å². The van der Waals surface area contributed by atoms with E-state index in [9.17, 15) is 19.5 Å². The number of allylic oxidation sites excluding steroid dienone is 1. The molecule has 1 aromatic carbocycles. The summed E-state index contributed by atoms with van der Waals surface area (Å²) in [7, 11) is 0. The number of hydrogen-bond donors (Lipinski definition) is 1. The van der Waals surface area contributed by atoms with Gasteiger partial charge in [-0.15, -0.1) is 0 Å². The van der Waals surface area contributed by atoms with Crippen LogP contribution < -0.4 is 0 Å². The van der Waals surface area contributed by atoms with Crippen LogP contribution in [-0.4, -0.2) is 58.1 Å². The number of aliphatic imine (C=N–C) groups is 1. The first-order chi connectivity index (χ1) is 22.1. The van der Waals surface area contributed by atoms with Crippen molar-refractivity contribution in [3.63, 3.8) is 0 Å². The minimum Gasteiger partial charge on any atom is -0.459 e. The normalized spacial score (nSPS) is 36.7. The van der Waals surface area contributed by atoms with Crippen molar-refractivity contribution in [3.8, 4) is 0 Å². The predicted octanol–water partition coefficient (Wildman–Crippen LogP) is 6.90. The van der Waals surface area contributed by atoms with Gasteiger partial charge in [0, 0.05) is 30.4 Å². The Balaban J connectivity index is 2.30. The molecule has 2 fully saturated rings. The third-order valence-corrected chi connectivity index (χ3v) is 10.5. The molecule has 1 amide bonds. The second kappa shape index (κ2) is 16.3. The third kappa shape index (κ3) is 9.05. The molecule has 0 aliphatic carbocycles. The number of carbonyl (C=O) groups is 3. The van der Waals surface area contributed by atoms with E-state index >= 15 is 0 Å². The Morgan fingerprint density at radius 2 is 1.74 bits per heavy atom. The predicted molar refractivity (Wildman–Crippen MR) is 184 cm³/mol. The highest BCUT2D eigenvalue weighted by Gasteiger charge is 2.50. The van der Waals surface area contributed by atoms with E-state index in [0.717, 1.165) is 11.1 Å². The van der Waals surface area contributed by atoms with Crippen LogP contribution in [0.15, 0.2) is 52.1 Å². The molecule has 3 rings (SSSR count). The fourth-order valence-corrected chi connectivity index (χ4v) is 7.93. The lowest BCUT2D eigenvalue weighted by atomic mass is 9.66. The lowest BCUT2D eigenvalue weighted by Gasteiger charge is -2.45. The molecule has 2 bridgehead atoms. The van der Waals surface area contributed by atoms with Crippen LogP contribution in [0.25, 0.3) is 0 Å². The Morgan fingerprint density at radius 3 is 2.34 bits per heavy atom. The number of nitrogens with zero attached hydrogens (tertiary/aromatic N) is 2. The summed E-state index contributed by atoms with van der Waals surface area (Å²) in [6, 6.07) is 9.77. The van der Waals surface area contributed by atoms with Gasteiger partial charge in [0.15, 0.2) is 0 Å². The first-order valence-electron chi connectivity index (χ1n) is 17.1. The summed E-state index contributed by atoms with van der Waals surface area (Å²) in [5.41, 5.74) is 0.767. The molecule has 0 aromatic heterocycles. The van der Waals surface area contributed by atoms with Crippen LogP contribution in [0, 0.1) is 35.5 Å². The number of aliphatic hydroxyl groups is 1. The quantitative estimate of drug-likeness (QED) is 0.159. The van der Waals surface area contributed by atoms with E-state index in [0.29, 0.717) is 37.1 Å². The SMILES string of the molecule is C/C=C(/C)[C@@H]1[C@@H](C)C(=O)[C@@H](C)C(=O)O[C@H](CC)[C@@](C)(O)[C@@H]2CC/C(=N\OCc3ccccc3)CO[C@]1(C)C[C@@H](C)C(=NC(C)=O)[C@@H]2C. The molecule has 0 spiro atoms. The minimum atomic E-state index is -1.53. The number of amides is 1. The average molecular weight is 653 g/mol. The smallest absolute Gasteiger partial charge is 0.316 e. The number of fused-ring (bicyclic) bond motifs is 5. The van der Waals surface area contributed by atoms with Gasteiger partial charge in [0.2, 0.25) is 5.91 Å². The molecule has 2 heterocycles. The molecule has 2 aliphatic rings. The van der Waals surface area contributed by atoms with E-state index in [1.54, 1.807) is 13.8 Å². The van der Waals surface area contributed by atoms with Gasteiger partial charge >= 0.3 is 5.97 Å².